The van der Waals surface area contributed by atoms with Crippen LogP contribution in [0.15, 0.2) is 12.3 Å². The van der Waals surface area contributed by atoms with Crippen LogP contribution in [-0.4, -0.2) is 22.9 Å². The van der Waals surface area contributed by atoms with Gasteiger partial charge >= 0.3 is 0 Å². The molecule has 1 aromatic rings. The standard InChI is InChI=1S/C14H25N3/c1-12-3-5-13(6-4-12)11-15-9-7-14-8-10-17(2)16-14/h8,10,12-13,15H,3-7,9,11H2,1-2H3. The molecule has 3 nitrogen and oxygen atoms in total. The molecule has 0 radical (unpaired) electrons. The van der Waals surface area contributed by atoms with E-state index in [9.17, 15) is 0 Å². The Labute approximate surface area is 105 Å². The summed E-state index contributed by atoms with van der Waals surface area (Å²) in [5, 5.41) is 7.96. The van der Waals surface area contributed by atoms with Gasteiger partial charge in [0.05, 0.1) is 5.69 Å². The first-order valence-corrected chi connectivity index (χ1v) is 6.93. The largest absolute Gasteiger partial charge is 0.316 e. The maximum Gasteiger partial charge on any atom is 0.0637 e. The molecule has 3 heteroatoms. The van der Waals surface area contributed by atoms with Crippen molar-refractivity contribution in [3.05, 3.63) is 18.0 Å². The first-order chi connectivity index (χ1) is 8.24. The number of aromatic nitrogens is 2. The van der Waals surface area contributed by atoms with Gasteiger partial charge in [0.15, 0.2) is 0 Å². The Kier molecular flexibility index (Phi) is 4.60. The van der Waals surface area contributed by atoms with Gasteiger partial charge in [-0.25, -0.2) is 0 Å². The van der Waals surface area contributed by atoms with Crippen LogP contribution in [0.4, 0.5) is 0 Å². The van der Waals surface area contributed by atoms with Crippen LogP contribution in [0.1, 0.15) is 38.3 Å². The molecule has 1 aromatic heterocycles. The van der Waals surface area contributed by atoms with Gasteiger partial charge in [-0.2, -0.15) is 5.10 Å². The highest BCUT2D eigenvalue weighted by atomic mass is 15.2. The average molecular weight is 235 g/mol. The Hall–Kier alpha value is -0.830. The Bertz CT molecular complexity index is 324. The number of rotatable bonds is 5. The van der Waals surface area contributed by atoms with E-state index in [4.69, 9.17) is 0 Å². The van der Waals surface area contributed by atoms with Crippen molar-refractivity contribution in [1.29, 1.82) is 0 Å². The molecular formula is C14H25N3. The van der Waals surface area contributed by atoms with Crippen LogP contribution in [0, 0.1) is 11.8 Å². The van der Waals surface area contributed by atoms with Gasteiger partial charge in [0.1, 0.15) is 0 Å². The zero-order valence-corrected chi connectivity index (χ0v) is 11.2. The SMILES string of the molecule is CC1CCC(CNCCc2ccn(C)n2)CC1. The average Bonchev–Trinajstić information content (AvgIpc) is 2.73. The third-order valence-corrected chi connectivity index (χ3v) is 3.90. The molecule has 0 amide bonds. The summed E-state index contributed by atoms with van der Waals surface area (Å²) in [6.07, 6.45) is 8.73. The van der Waals surface area contributed by atoms with Crippen molar-refractivity contribution >= 4 is 0 Å². The fourth-order valence-corrected chi connectivity index (χ4v) is 2.65. The van der Waals surface area contributed by atoms with E-state index in [1.807, 2.05) is 17.9 Å². The molecule has 2 rings (SSSR count). The van der Waals surface area contributed by atoms with Crippen LogP contribution >= 0.6 is 0 Å². The van der Waals surface area contributed by atoms with Crippen molar-refractivity contribution in [1.82, 2.24) is 15.1 Å². The Morgan fingerprint density at radius 1 is 1.35 bits per heavy atom. The van der Waals surface area contributed by atoms with E-state index in [0.29, 0.717) is 0 Å². The number of hydrogen-bond donors (Lipinski definition) is 1. The molecule has 1 heterocycles. The van der Waals surface area contributed by atoms with E-state index >= 15 is 0 Å². The Morgan fingerprint density at radius 2 is 2.12 bits per heavy atom. The lowest BCUT2D eigenvalue weighted by molar-refractivity contribution is 0.282. The highest BCUT2D eigenvalue weighted by molar-refractivity contribution is 4.98. The van der Waals surface area contributed by atoms with E-state index in [1.54, 1.807) is 0 Å². The fourth-order valence-electron chi connectivity index (χ4n) is 2.65. The maximum absolute atomic E-state index is 4.38. The highest BCUT2D eigenvalue weighted by Gasteiger charge is 2.17. The fraction of sp³-hybridized carbons (Fsp3) is 0.786. The first kappa shape index (κ1) is 12.6. The van der Waals surface area contributed by atoms with E-state index < -0.39 is 0 Å². The van der Waals surface area contributed by atoms with E-state index in [-0.39, 0.29) is 0 Å². The van der Waals surface area contributed by atoms with Crippen LogP contribution in [0.25, 0.3) is 0 Å². The van der Waals surface area contributed by atoms with Gasteiger partial charge in [0, 0.05) is 26.2 Å². The lowest BCUT2D eigenvalue weighted by atomic mass is 9.83. The van der Waals surface area contributed by atoms with Crippen LogP contribution < -0.4 is 5.32 Å². The number of nitrogens with zero attached hydrogens (tertiary/aromatic N) is 2. The molecule has 0 bridgehead atoms. The van der Waals surface area contributed by atoms with Gasteiger partial charge < -0.3 is 5.32 Å². The summed E-state index contributed by atoms with van der Waals surface area (Å²) in [7, 11) is 1.97. The maximum atomic E-state index is 4.38. The molecule has 0 aliphatic heterocycles. The molecule has 0 unspecified atom stereocenters. The molecule has 96 valence electrons. The summed E-state index contributed by atoms with van der Waals surface area (Å²) in [5.74, 6) is 1.87. The summed E-state index contributed by atoms with van der Waals surface area (Å²) >= 11 is 0. The molecule has 1 N–H and O–H groups in total. The van der Waals surface area contributed by atoms with Crippen LogP contribution in [0.5, 0.6) is 0 Å². The van der Waals surface area contributed by atoms with E-state index in [1.165, 1.54) is 37.9 Å². The third kappa shape index (κ3) is 4.15. The van der Waals surface area contributed by atoms with Crippen LogP contribution in [0.3, 0.4) is 0 Å². The summed E-state index contributed by atoms with van der Waals surface area (Å²) in [6, 6.07) is 2.10. The molecule has 1 aliphatic carbocycles. The zero-order valence-electron chi connectivity index (χ0n) is 11.2. The van der Waals surface area contributed by atoms with Gasteiger partial charge in [-0.05, 0) is 37.3 Å². The Balaban J connectivity index is 1.57. The van der Waals surface area contributed by atoms with Crippen LogP contribution in [0.2, 0.25) is 0 Å². The van der Waals surface area contributed by atoms with Crippen molar-refractivity contribution in [3.8, 4) is 0 Å². The third-order valence-electron chi connectivity index (χ3n) is 3.90. The second-order valence-corrected chi connectivity index (χ2v) is 5.56. The lowest BCUT2D eigenvalue weighted by Crippen LogP contribution is -2.27. The predicted molar refractivity (Wildman–Crippen MR) is 70.9 cm³/mol. The van der Waals surface area contributed by atoms with Gasteiger partial charge in [0.25, 0.3) is 0 Å². The predicted octanol–water partition coefficient (Wildman–Crippen LogP) is 2.38. The molecular weight excluding hydrogens is 210 g/mol. The van der Waals surface area contributed by atoms with Crippen molar-refractivity contribution in [3.63, 3.8) is 0 Å². The molecule has 1 aliphatic rings. The number of hydrogen-bond acceptors (Lipinski definition) is 2. The monoisotopic (exact) mass is 235 g/mol. The summed E-state index contributed by atoms with van der Waals surface area (Å²) in [5.41, 5.74) is 1.19. The molecule has 0 aromatic carbocycles. The second-order valence-electron chi connectivity index (χ2n) is 5.56. The molecule has 0 saturated heterocycles. The lowest BCUT2D eigenvalue weighted by Gasteiger charge is -2.26. The van der Waals surface area contributed by atoms with Gasteiger partial charge in [-0.15, -0.1) is 0 Å². The van der Waals surface area contributed by atoms with Crippen molar-refractivity contribution in [2.24, 2.45) is 18.9 Å². The van der Waals surface area contributed by atoms with Crippen LogP contribution in [-0.2, 0) is 13.5 Å². The molecule has 1 saturated carbocycles. The topological polar surface area (TPSA) is 29.9 Å². The Morgan fingerprint density at radius 3 is 2.76 bits per heavy atom. The molecule has 0 atom stereocenters. The zero-order chi connectivity index (χ0) is 12.1. The minimum absolute atomic E-state index is 0.912. The quantitative estimate of drug-likeness (QED) is 0.794. The van der Waals surface area contributed by atoms with Crippen molar-refractivity contribution < 1.29 is 0 Å². The summed E-state index contributed by atoms with van der Waals surface area (Å²) in [4.78, 5) is 0. The molecule has 17 heavy (non-hydrogen) atoms. The van der Waals surface area contributed by atoms with E-state index in [0.717, 1.165) is 24.8 Å². The highest BCUT2D eigenvalue weighted by Crippen LogP contribution is 2.27. The minimum Gasteiger partial charge on any atom is -0.316 e. The van der Waals surface area contributed by atoms with E-state index in [2.05, 4.69) is 23.4 Å². The number of nitrogens with one attached hydrogen (secondary N) is 1. The molecule has 1 fully saturated rings. The summed E-state index contributed by atoms with van der Waals surface area (Å²) < 4.78 is 1.87. The number of aryl methyl sites for hydroxylation is 1. The first-order valence-electron chi connectivity index (χ1n) is 6.93. The minimum atomic E-state index is 0.912. The van der Waals surface area contributed by atoms with Gasteiger partial charge in [0.2, 0.25) is 0 Å². The van der Waals surface area contributed by atoms with Crippen molar-refractivity contribution in [2.45, 2.75) is 39.0 Å². The van der Waals surface area contributed by atoms with Gasteiger partial charge in [-0.1, -0.05) is 19.8 Å². The van der Waals surface area contributed by atoms with Gasteiger partial charge in [-0.3, -0.25) is 4.68 Å². The second kappa shape index (κ2) is 6.20. The smallest absolute Gasteiger partial charge is 0.0637 e. The summed E-state index contributed by atoms with van der Waals surface area (Å²) in [6.45, 7) is 4.63. The normalized spacial score (nSPS) is 25.1. The van der Waals surface area contributed by atoms with Crippen molar-refractivity contribution in [2.75, 3.05) is 13.1 Å². The molecule has 0 spiro atoms.